The highest BCUT2D eigenvalue weighted by Gasteiger charge is 1.91. The van der Waals surface area contributed by atoms with Gasteiger partial charge in [-0.1, -0.05) is 0 Å². The molecule has 6 nitrogen and oxygen atoms in total. The Morgan fingerprint density at radius 3 is 1.62 bits per heavy atom. The largest absolute Gasteiger partial charge is 0.394 e. The van der Waals surface area contributed by atoms with Crippen molar-refractivity contribution in [1.82, 2.24) is 0 Å². The summed E-state index contributed by atoms with van der Waals surface area (Å²) in [6.45, 7) is 3.31. The van der Waals surface area contributed by atoms with Gasteiger partial charge in [0.25, 0.3) is 0 Å². The molecule has 0 aromatic rings. The van der Waals surface area contributed by atoms with Crippen LogP contribution in [0.25, 0.3) is 0 Å². The molecule has 0 heterocycles. The molecule has 0 atom stereocenters. The molecule has 16 heavy (non-hydrogen) atoms. The normalized spacial score (nSPS) is 10.6. The van der Waals surface area contributed by atoms with E-state index in [4.69, 9.17) is 24.1 Å². The van der Waals surface area contributed by atoms with Gasteiger partial charge in [-0.15, -0.1) is 0 Å². The minimum Gasteiger partial charge on any atom is -0.394 e. The number of hydrogen-bond donors (Lipinski definition) is 1. The molecule has 0 saturated heterocycles. The van der Waals surface area contributed by atoms with Crippen LogP contribution in [0, 0.1) is 0 Å². The average molecular weight is 236 g/mol. The molecule has 0 radical (unpaired) electrons. The summed E-state index contributed by atoms with van der Waals surface area (Å²) in [6, 6.07) is 0. The molecule has 6 heteroatoms. The zero-order valence-corrected chi connectivity index (χ0v) is 9.43. The van der Waals surface area contributed by atoms with Crippen LogP contribution in [0.3, 0.4) is 0 Å². The molecule has 0 aromatic heterocycles. The van der Waals surface area contributed by atoms with Gasteiger partial charge in [-0.05, 0) is 0 Å². The van der Waals surface area contributed by atoms with E-state index in [9.17, 15) is 4.79 Å². The summed E-state index contributed by atoms with van der Waals surface area (Å²) < 4.78 is 20.2. The van der Waals surface area contributed by atoms with E-state index in [1.165, 1.54) is 0 Å². The highest BCUT2D eigenvalue weighted by molar-refractivity contribution is 5.50. The molecule has 0 saturated carbocycles. The standard InChI is InChI=1S/C10H20O6/c11-1-3-13-5-7-15-9-10-16-8-6-14-4-2-12/h1,12H,2-10H2. The number of carbonyl (C=O) groups excluding carboxylic acids is 1. The summed E-state index contributed by atoms with van der Waals surface area (Å²) in [7, 11) is 0. The second-order valence-corrected chi connectivity index (χ2v) is 2.80. The summed E-state index contributed by atoms with van der Waals surface area (Å²) in [5.74, 6) is 0. The molecule has 0 amide bonds. The van der Waals surface area contributed by atoms with Gasteiger partial charge in [-0.3, -0.25) is 0 Å². The van der Waals surface area contributed by atoms with E-state index in [0.29, 0.717) is 52.5 Å². The molecule has 0 bridgehead atoms. The predicted octanol–water partition coefficient (Wildman–Crippen LogP) is -0.756. The van der Waals surface area contributed by atoms with Gasteiger partial charge in [0.15, 0.2) is 0 Å². The van der Waals surface area contributed by atoms with Gasteiger partial charge in [-0.2, -0.15) is 0 Å². The second kappa shape index (κ2) is 14.5. The minimum absolute atomic E-state index is 0.0316. The van der Waals surface area contributed by atoms with Crippen LogP contribution in [0.1, 0.15) is 0 Å². The van der Waals surface area contributed by atoms with Gasteiger partial charge >= 0.3 is 0 Å². The van der Waals surface area contributed by atoms with Crippen molar-refractivity contribution in [2.24, 2.45) is 0 Å². The average Bonchev–Trinajstić information content (AvgIpc) is 2.31. The van der Waals surface area contributed by atoms with E-state index in [2.05, 4.69) is 0 Å². The fraction of sp³-hybridized carbons (Fsp3) is 0.900. The lowest BCUT2D eigenvalue weighted by atomic mass is 10.7. The Hall–Kier alpha value is -0.530. The molecule has 0 rings (SSSR count). The van der Waals surface area contributed by atoms with Crippen molar-refractivity contribution in [3.63, 3.8) is 0 Å². The number of aldehydes is 1. The predicted molar refractivity (Wildman–Crippen MR) is 56.4 cm³/mol. The van der Waals surface area contributed by atoms with Crippen molar-refractivity contribution >= 4 is 6.29 Å². The zero-order valence-electron chi connectivity index (χ0n) is 9.43. The molecule has 0 aliphatic carbocycles. The van der Waals surface area contributed by atoms with Gasteiger partial charge in [0.1, 0.15) is 12.9 Å². The van der Waals surface area contributed by atoms with Crippen LogP contribution < -0.4 is 0 Å². The van der Waals surface area contributed by atoms with E-state index in [1.54, 1.807) is 0 Å². The molecule has 0 spiro atoms. The van der Waals surface area contributed by atoms with Crippen molar-refractivity contribution in [3.05, 3.63) is 0 Å². The minimum atomic E-state index is 0.0316. The molecule has 1 N–H and O–H groups in total. The molecule has 0 unspecified atom stereocenters. The number of carbonyl (C=O) groups is 1. The maximum Gasteiger partial charge on any atom is 0.145 e. The first-order valence-electron chi connectivity index (χ1n) is 5.27. The lowest BCUT2D eigenvalue weighted by Gasteiger charge is -2.06. The third-order valence-corrected chi connectivity index (χ3v) is 1.54. The third kappa shape index (κ3) is 13.5. The van der Waals surface area contributed by atoms with Gasteiger partial charge in [0.2, 0.25) is 0 Å². The molecular weight excluding hydrogens is 216 g/mol. The van der Waals surface area contributed by atoms with Gasteiger partial charge < -0.3 is 28.8 Å². The monoisotopic (exact) mass is 236 g/mol. The Bertz CT molecular complexity index is 141. The fourth-order valence-corrected chi connectivity index (χ4v) is 0.856. The fourth-order valence-electron chi connectivity index (χ4n) is 0.856. The van der Waals surface area contributed by atoms with Gasteiger partial charge in [0, 0.05) is 0 Å². The Balaban J connectivity index is 2.85. The van der Waals surface area contributed by atoms with Crippen LogP contribution in [0.5, 0.6) is 0 Å². The van der Waals surface area contributed by atoms with Crippen LogP contribution in [0.4, 0.5) is 0 Å². The van der Waals surface area contributed by atoms with Crippen LogP contribution >= 0.6 is 0 Å². The first kappa shape index (κ1) is 15.5. The van der Waals surface area contributed by atoms with Gasteiger partial charge in [-0.25, -0.2) is 0 Å². The second-order valence-electron chi connectivity index (χ2n) is 2.80. The van der Waals surface area contributed by atoms with Crippen molar-refractivity contribution in [1.29, 1.82) is 0 Å². The van der Waals surface area contributed by atoms with E-state index in [-0.39, 0.29) is 13.2 Å². The molecule has 0 fully saturated rings. The van der Waals surface area contributed by atoms with Crippen LogP contribution in [-0.4, -0.2) is 70.9 Å². The van der Waals surface area contributed by atoms with Crippen LogP contribution in [0.2, 0.25) is 0 Å². The quantitative estimate of drug-likeness (QED) is 0.335. The first-order valence-corrected chi connectivity index (χ1v) is 5.27. The van der Waals surface area contributed by atoms with Crippen LogP contribution in [0.15, 0.2) is 0 Å². The number of hydrogen-bond acceptors (Lipinski definition) is 6. The highest BCUT2D eigenvalue weighted by atomic mass is 16.6. The lowest BCUT2D eigenvalue weighted by Crippen LogP contribution is -2.12. The Morgan fingerprint density at radius 1 is 0.750 bits per heavy atom. The van der Waals surface area contributed by atoms with E-state index in [0.717, 1.165) is 0 Å². The van der Waals surface area contributed by atoms with Crippen molar-refractivity contribution in [3.8, 4) is 0 Å². The molecule has 0 aliphatic heterocycles. The van der Waals surface area contributed by atoms with E-state index >= 15 is 0 Å². The Labute approximate surface area is 95.4 Å². The number of aliphatic hydroxyl groups excluding tert-OH is 1. The zero-order chi connectivity index (χ0) is 11.9. The first-order chi connectivity index (χ1) is 7.91. The maximum atomic E-state index is 9.87. The number of ether oxygens (including phenoxy) is 4. The molecule has 0 aromatic carbocycles. The smallest absolute Gasteiger partial charge is 0.145 e. The van der Waals surface area contributed by atoms with Crippen molar-refractivity contribution in [2.75, 3.05) is 59.5 Å². The molecule has 0 aliphatic rings. The highest BCUT2D eigenvalue weighted by Crippen LogP contribution is 1.81. The molecule has 96 valence electrons. The topological polar surface area (TPSA) is 74.2 Å². The maximum absolute atomic E-state index is 9.87. The van der Waals surface area contributed by atoms with Crippen LogP contribution in [-0.2, 0) is 23.7 Å². The number of rotatable bonds is 13. The van der Waals surface area contributed by atoms with E-state index < -0.39 is 0 Å². The van der Waals surface area contributed by atoms with E-state index in [1.807, 2.05) is 0 Å². The summed E-state index contributed by atoms with van der Waals surface area (Å²) >= 11 is 0. The summed E-state index contributed by atoms with van der Waals surface area (Å²) in [6.07, 6.45) is 0.704. The summed E-state index contributed by atoms with van der Waals surface area (Å²) in [5.41, 5.74) is 0. The summed E-state index contributed by atoms with van der Waals surface area (Å²) in [5, 5.41) is 8.41. The Kier molecular flexibility index (Phi) is 14.0. The molecular formula is C10H20O6. The third-order valence-electron chi connectivity index (χ3n) is 1.54. The van der Waals surface area contributed by atoms with Crippen molar-refractivity contribution < 1.29 is 28.8 Å². The SMILES string of the molecule is O=CCOCCOCCOCCOCCO. The van der Waals surface area contributed by atoms with Gasteiger partial charge in [0.05, 0.1) is 52.9 Å². The van der Waals surface area contributed by atoms with Crippen molar-refractivity contribution in [2.45, 2.75) is 0 Å². The number of aliphatic hydroxyl groups is 1. The summed E-state index contributed by atoms with van der Waals surface area (Å²) in [4.78, 5) is 9.87. The Morgan fingerprint density at radius 2 is 1.19 bits per heavy atom. The lowest BCUT2D eigenvalue weighted by molar-refractivity contribution is -0.112.